The van der Waals surface area contributed by atoms with Crippen LogP contribution in [0.25, 0.3) is 12.2 Å². The molecule has 0 N–H and O–H groups in total. The van der Waals surface area contributed by atoms with Crippen LogP contribution in [0.4, 0.5) is 11.4 Å². The fraction of sp³-hybridized carbons (Fsp3) is 0.217. The minimum Gasteiger partial charge on any atom is -0.378 e. The molecule has 0 spiro atoms. The molecule has 3 rings (SSSR count). The van der Waals surface area contributed by atoms with Gasteiger partial charge in [0.2, 0.25) is 0 Å². The Morgan fingerprint density at radius 1 is 0.786 bits per heavy atom. The molecule has 0 radical (unpaired) electrons. The maximum Gasteiger partial charge on any atom is 0.306 e. The van der Waals surface area contributed by atoms with Crippen molar-refractivity contribution in [2.24, 2.45) is 12.1 Å². The zero-order chi connectivity index (χ0) is 20.1. The summed E-state index contributed by atoms with van der Waals surface area (Å²) >= 11 is 0. The van der Waals surface area contributed by atoms with E-state index in [-0.39, 0.29) is 0 Å². The Bertz CT molecular complexity index is 961. The molecule has 5 nitrogen and oxygen atoms in total. The SMILES string of the molecule is CN(C)c1ccc(/C=C/c2n(/N=C/c3ccc(N(C)C)cc3)cc[n+]2C)cc1. The lowest BCUT2D eigenvalue weighted by molar-refractivity contribution is -0.672. The van der Waals surface area contributed by atoms with Gasteiger partial charge in [-0.05, 0) is 41.5 Å². The summed E-state index contributed by atoms with van der Waals surface area (Å²) in [5.41, 5.74) is 4.59. The van der Waals surface area contributed by atoms with E-state index in [4.69, 9.17) is 0 Å². The third-order valence-corrected chi connectivity index (χ3v) is 4.60. The molecule has 0 unspecified atom stereocenters. The second-order valence-corrected chi connectivity index (χ2v) is 7.16. The minimum absolute atomic E-state index is 0.998. The van der Waals surface area contributed by atoms with Gasteiger partial charge in [0, 0.05) is 45.6 Å². The van der Waals surface area contributed by atoms with Crippen LogP contribution in [0.1, 0.15) is 17.0 Å². The van der Waals surface area contributed by atoms with E-state index in [1.807, 2.05) is 58.5 Å². The molecule has 1 heterocycles. The van der Waals surface area contributed by atoms with Crippen molar-refractivity contribution in [1.82, 2.24) is 4.68 Å². The number of nitrogens with zero attached hydrogens (tertiary/aromatic N) is 5. The number of imidazole rings is 1. The van der Waals surface area contributed by atoms with E-state index in [1.165, 1.54) is 11.4 Å². The first-order valence-electron chi connectivity index (χ1n) is 9.28. The predicted octanol–water partition coefficient (Wildman–Crippen LogP) is 3.50. The molecule has 5 heteroatoms. The lowest BCUT2D eigenvalue weighted by atomic mass is 10.2. The van der Waals surface area contributed by atoms with Crippen molar-refractivity contribution >= 4 is 29.7 Å². The van der Waals surface area contributed by atoms with E-state index in [0.29, 0.717) is 0 Å². The summed E-state index contributed by atoms with van der Waals surface area (Å²) in [6.45, 7) is 0. The molecule has 2 aromatic carbocycles. The monoisotopic (exact) mass is 374 g/mol. The zero-order valence-electron chi connectivity index (χ0n) is 17.2. The van der Waals surface area contributed by atoms with E-state index >= 15 is 0 Å². The second kappa shape index (κ2) is 8.57. The van der Waals surface area contributed by atoms with E-state index in [9.17, 15) is 0 Å². The van der Waals surface area contributed by atoms with Crippen LogP contribution in [0.5, 0.6) is 0 Å². The van der Waals surface area contributed by atoms with Gasteiger partial charge in [-0.3, -0.25) is 0 Å². The number of hydrogen-bond donors (Lipinski definition) is 0. The predicted molar refractivity (Wildman–Crippen MR) is 119 cm³/mol. The van der Waals surface area contributed by atoms with E-state index in [0.717, 1.165) is 17.0 Å². The molecular formula is C23H28N5+. The Morgan fingerprint density at radius 3 is 1.86 bits per heavy atom. The Balaban J connectivity index is 1.77. The average Bonchev–Trinajstić information content (AvgIpc) is 3.05. The number of anilines is 2. The van der Waals surface area contributed by atoms with Crippen molar-refractivity contribution in [3.8, 4) is 0 Å². The Labute approximate surface area is 167 Å². The van der Waals surface area contributed by atoms with Gasteiger partial charge >= 0.3 is 5.82 Å². The van der Waals surface area contributed by atoms with Gasteiger partial charge in [0.15, 0.2) is 6.20 Å². The summed E-state index contributed by atoms with van der Waals surface area (Å²) in [5, 5.41) is 4.62. The van der Waals surface area contributed by atoms with Crippen molar-refractivity contribution in [3.05, 3.63) is 77.9 Å². The molecule has 0 atom stereocenters. The van der Waals surface area contributed by atoms with Gasteiger partial charge in [0.25, 0.3) is 0 Å². The molecule has 0 fully saturated rings. The summed E-state index contributed by atoms with van der Waals surface area (Å²) in [6, 6.07) is 16.8. The molecule has 144 valence electrons. The second-order valence-electron chi connectivity index (χ2n) is 7.16. The molecule has 0 amide bonds. The van der Waals surface area contributed by atoms with Crippen LogP contribution >= 0.6 is 0 Å². The van der Waals surface area contributed by atoms with Crippen LogP contribution in [0, 0.1) is 0 Å². The van der Waals surface area contributed by atoms with E-state index < -0.39 is 0 Å². The van der Waals surface area contributed by atoms with Crippen LogP contribution in [0.2, 0.25) is 0 Å². The van der Waals surface area contributed by atoms with Crippen LogP contribution in [-0.4, -0.2) is 39.1 Å². The van der Waals surface area contributed by atoms with Crippen molar-refractivity contribution in [2.45, 2.75) is 0 Å². The quantitative estimate of drug-likeness (QED) is 0.488. The maximum atomic E-state index is 4.62. The highest BCUT2D eigenvalue weighted by atomic mass is 15.4. The summed E-state index contributed by atoms with van der Waals surface area (Å²) < 4.78 is 3.93. The van der Waals surface area contributed by atoms with Crippen LogP contribution in [0.15, 0.2) is 66.0 Å². The molecule has 0 saturated carbocycles. The van der Waals surface area contributed by atoms with Crippen molar-refractivity contribution < 1.29 is 4.57 Å². The minimum atomic E-state index is 0.998. The van der Waals surface area contributed by atoms with E-state index in [1.54, 1.807) is 0 Å². The van der Waals surface area contributed by atoms with Gasteiger partial charge in [-0.25, -0.2) is 4.57 Å². The standard InChI is InChI=1S/C23H28N5/c1-25(2)21-11-6-19(7-12-21)10-15-23-27(5)16-17-28(23)24-18-20-8-13-22(14-9-20)26(3)4/h6-18H,1-5H3/q+1/b24-18+. The zero-order valence-corrected chi connectivity index (χ0v) is 17.2. The van der Waals surface area contributed by atoms with Crippen LogP contribution in [-0.2, 0) is 7.05 Å². The molecule has 3 aromatic rings. The molecule has 0 aliphatic carbocycles. The first-order chi connectivity index (χ1) is 13.4. The summed E-state index contributed by atoms with van der Waals surface area (Å²) in [6.07, 6.45) is 10.0. The van der Waals surface area contributed by atoms with Crippen molar-refractivity contribution in [2.75, 3.05) is 38.0 Å². The Morgan fingerprint density at radius 2 is 1.32 bits per heavy atom. The molecule has 0 aliphatic rings. The van der Waals surface area contributed by atoms with E-state index in [2.05, 4.69) is 80.2 Å². The number of aryl methyl sites for hydroxylation is 1. The number of benzene rings is 2. The lowest BCUT2D eigenvalue weighted by Gasteiger charge is -2.11. The smallest absolute Gasteiger partial charge is 0.306 e. The van der Waals surface area contributed by atoms with Crippen molar-refractivity contribution in [3.63, 3.8) is 0 Å². The first kappa shape index (κ1) is 19.4. The highest BCUT2D eigenvalue weighted by Gasteiger charge is 2.10. The van der Waals surface area contributed by atoms with Crippen molar-refractivity contribution in [1.29, 1.82) is 0 Å². The fourth-order valence-corrected chi connectivity index (χ4v) is 2.81. The Kier molecular flexibility index (Phi) is 5.94. The normalized spacial score (nSPS) is 11.5. The lowest BCUT2D eigenvalue weighted by Crippen LogP contribution is -2.29. The summed E-state index contributed by atoms with van der Waals surface area (Å²) in [4.78, 5) is 4.18. The first-order valence-corrected chi connectivity index (χ1v) is 9.28. The largest absolute Gasteiger partial charge is 0.378 e. The molecular weight excluding hydrogens is 346 g/mol. The van der Waals surface area contributed by atoms with Gasteiger partial charge in [-0.2, -0.15) is 0 Å². The fourth-order valence-electron chi connectivity index (χ4n) is 2.81. The Hall–Kier alpha value is -3.34. The number of rotatable bonds is 6. The maximum absolute atomic E-state index is 4.62. The van der Waals surface area contributed by atoms with Gasteiger partial charge in [-0.1, -0.05) is 29.4 Å². The summed E-state index contributed by atoms with van der Waals surface area (Å²) in [5.74, 6) is 0.998. The third-order valence-electron chi connectivity index (χ3n) is 4.60. The molecule has 0 aliphatic heterocycles. The molecule has 1 aromatic heterocycles. The molecule has 0 bridgehead atoms. The van der Waals surface area contributed by atoms with Gasteiger partial charge in [-0.15, -0.1) is 4.68 Å². The van der Waals surface area contributed by atoms with Gasteiger partial charge in [0.05, 0.1) is 13.3 Å². The topological polar surface area (TPSA) is 27.7 Å². The highest BCUT2D eigenvalue weighted by Crippen LogP contribution is 2.14. The van der Waals surface area contributed by atoms with Gasteiger partial charge in [0.1, 0.15) is 6.20 Å². The summed E-state index contributed by atoms with van der Waals surface area (Å²) in [7, 11) is 10.2. The average molecular weight is 375 g/mol. The van der Waals surface area contributed by atoms with Crippen LogP contribution < -0.4 is 14.4 Å². The molecule has 0 saturated heterocycles. The van der Waals surface area contributed by atoms with Crippen LogP contribution in [0.3, 0.4) is 0 Å². The highest BCUT2D eigenvalue weighted by molar-refractivity contribution is 5.80. The third kappa shape index (κ3) is 4.68. The molecule has 28 heavy (non-hydrogen) atoms. The van der Waals surface area contributed by atoms with Gasteiger partial charge < -0.3 is 9.80 Å². The number of aromatic nitrogens is 2. The number of hydrogen-bond acceptors (Lipinski definition) is 3.